The van der Waals surface area contributed by atoms with Gasteiger partial charge >= 0.3 is 5.69 Å². The highest BCUT2D eigenvalue weighted by Gasteiger charge is 2.29. The fourth-order valence-electron chi connectivity index (χ4n) is 2.05. The number of nitrogens with zero attached hydrogens (tertiary/aromatic N) is 3. The van der Waals surface area contributed by atoms with Gasteiger partial charge in [-0.05, 0) is 25.1 Å². The summed E-state index contributed by atoms with van der Waals surface area (Å²) in [5, 5.41) is 15.4. The van der Waals surface area contributed by atoms with Gasteiger partial charge in [-0.15, -0.1) is 0 Å². The molecule has 1 heterocycles. The molecule has 0 radical (unpaired) electrons. The number of carbonyl (C=O) groups excluding carboxylic acids is 2. The molecule has 0 aliphatic heterocycles. The third-order valence-electron chi connectivity index (χ3n) is 3.00. The quantitative estimate of drug-likeness (QED) is 0.631. The second-order valence-electron chi connectivity index (χ2n) is 4.73. The smallest absolute Gasteiger partial charge is 0.267 e. The van der Waals surface area contributed by atoms with Gasteiger partial charge in [-0.25, -0.2) is 0 Å². The van der Waals surface area contributed by atoms with Crippen LogP contribution in [0.4, 0.5) is 5.69 Å². The van der Waals surface area contributed by atoms with Gasteiger partial charge in [0.2, 0.25) is 5.69 Å². The van der Waals surface area contributed by atoms with Crippen molar-refractivity contribution in [1.82, 2.24) is 20.6 Å². The van der Waals surface area contributed by atoms with Crippen LogP contribution in [0.15, 0.2) is 18.2 Å². The SMILES string of the molecule is Cc1nn(C)c(C(=O)NNC(=O)c2cc(Cl)cc(Cl)c2)c1[N+](=O)[O-]. The molecule has 2 aromatic rings. The topological polar surface area (TPSA) is 119 Å². The van der Waals surface area contributed by atoms with E-state index in [4.69, 9.17) is 23.2 Å². The first-order valence-corrected chi connectivity index (χ1v) is 7.21. The lowest BCUT2D eigenvalue weighted by Gasteiger charge is -2.08. The van der Waals surface area contributed by atoms with E-state index in [1.54, 1.807) is 0 Å². The fraction of sp³-hybridized carbons (Fsp3) is 0.154. The maximum atomic E-state index is 12.1. The van der Waals surface area contributed by atoms with E-state index in [9.17, 15) is 19.7 Å². The number of amides is 2. The molecule has 0 aliphatic rings. The van der Waals surface area contributed by atoms with Crippen LogP contribution in [0.2, 0.25) is 10.0 Å². The third kappa shape index (κ3) is 3.63. The monoisotopic (exact) mass is 371 g/mol. The van der Waals surface area contributed by atoms with Crippen molar-refractivity contribution in [3.05, 3.63) is 55.3 Å². The van der Waals surface area contributed by atoms with Gasteiger partial charge in [0, 0.05) is 22.7 Å². The average molecular weight is 372 g/mol. The van der Waals surface area contributed by atoms with E-state index in [2.05, 4.69) is 16.0 Å². The molecular formula is C13H11Cl2N5O4. The highest BCUT2D eigenvalue weighted by molar-refractivity contribution is 6.35. The number of halogens is 2. The molecule has 0 spiro atoms. The van der Waals surface area contributed by atoms with Crippen LogP contribution in [0.1, 0.15) is 26.5 Å². The molecule has 0 bridgehead atoms. The Morgan fingerprint density at radius 2 is 1.71 bits per heavy atom. The van der Waals surface area contributed by atoms with E-state index < -0.39 is 22.4 Å². The first-order chi connectivity index (χ1) is 11.2. The minimum Gasteiger partial charge on any atom is -0.267 e. The van der Waals surface area contributed by atoms with Crippen molar-refractivity contribution < 1.29 is 14.5 Å². The molecule has 0 aliphatic carbocycles. The van der Waals surface area contributed by atoms with E-state index in [-0.39, 0.29) is 27.0 Å². The lowest BCUT2D eigenvalue weighted by Crippen LogP contribution is -2.42. The van der Waals surface area contributed by atoms with Gasteiger partial charge in [0.25, 0.3) is 11.8 Å². The van der Waals surface area contributed by atoms with Crippen molar-refractivity contribution >= 4 is 40.7 Å². The van der Waals surface area contributed by atoms with Crippen molar-refractivity contribution in [2.75, 3.05) is 0 Å². The predicted octanol–water partition coefficient (Wildman–Crippen LogP) is 2.02. The molecule has 11 heteroatoms. The Kier molecular flexibility index (Phi) is 5.05. The summed E-state index contributed by atoms with van der Waals surface area (Å²) in [5.41, 5.74) is 3.70. The highest BCUT2D eigenvalue weighted by Crippen LogP contribution is 2.22. The number of nitro groups is 1. The molecule has 9 nitrogen and oxygen atoms in total. The van der Waals surface area contributed by atoms with Gasteiger partial charge in [-0.1, -0.05) is 23.2 Å². The number of aromatic nitrogens is 2. The second kappa shape index (κ2) is 6.85. The largest absolute Gasteiger partial charge is 0.322 e. The molecule has 0 unspecified atom stereocenters. The van der Waals surface area contributed by atoms with E-state index in [1.165, 1.54) is 32.2 Å². The standard InChI is InChI=1S/C13H11Cl2N5O4/c1-6-10(20(23)24)11(19(2)18-6)13(22)17-16-12(21)7-3-8(14)5-9(15)4-7/h3-5H,1-2H3,(H,16,21)(H,17,22). The van der Waals surface area contributed by atoms with E-state index >= 15 is 0 Å². The van der Waals surface area contributed by atoms with Gasteiger partial charge in [0.1, 0.15) is 5.69 Å². The molecule has 24 heavy (non-hydrogen) atoms. The molecule has 2 N–H and O–H groups in total. The van der Waals surface area contributed by atoms with E-state index in [0.717, 1.165) is 4.68 Å². The molecule has 126 valence electrons. The minimum atomic E-state index is -0.883. The molecular weight excluding hydrogens is 361 g/mol. The van der Waals surface area contributed by atoms with E-state index in [0.29, 0.717) is 0 Å². The van der Waals surface area contributed by atoms with Crippen molar-refractivity contribution in [3.63, 3.8) is 0 Å². The minimum absolute atomic E-state index is 0.0839. The van der Waals surface area contributed by atoms with Gasteiger partial charge in [-0.2, -0.15) is 5.10 Å². The number of hydrazine groups is 1. The molecule has 0 fully saturated rings. The molecule has 2 rings (SSSR count). The van der Waals surface area contributed by atoms with Crippen LogP contribution in [-0.4, -0.2) is 26.5 Å². The normalized spacial score (nSPS) is 10.3. The predicted molar refractivity (Wildman–Crippen MR) is 86.0 cm³/mol. The zero-order chi connectivity index (χ0) is 18.0. The average Bonchev–Trinajstić information content (AvgIpc) is 2.78. The molecule has 0 atom stereocenters. The summed E-state index contributed by atoms with van der Waals surface area (Å²) in [7, 11) is 1.38. The lowest BCUT2D eigenvalue weighted by atomic mass is 10.2. The molecule has 2 amide bonds. The summed E-state index contributed by atoms with van der Waals surface area (Å²) in [6.07, 6.45) is 0. The zero-order valence-electron chi connectivity index (χ0n) is 12.5. The fourth-order valence-corrected chi connectivity index (χ4v) is 2.58. The Morgan fingerprint density at radius 3 is 2.25 bits per heavy atom. The van der Waals surface area contributed by atoms with Crippen LogP contribution in [-0.2, 0) is 7.05 Å². The van der Waals surface area contributed by atoms with Gasteiger partial charge in [0.05, 0.1) is 4.92 Å². The summed E-state index contributed by atoms with van der Waals surface area (Å²) in [6.45, 7) is 1.40. The number of benzene rings is 1. The van der Waals surface area contributed by atoms with Crippen LogP contribution in [0.5, 0.6) is 0 Å². The maximum Gasteiger partial charge on any atom is 0.322 e. The Morgan fingerprint density at radius 1 is 1.17 bits per heavy atom. The zero-order valence-corrected chi connectivity index (χ0v) is 14.0. The number of rotatable bonds is 3. The van der Waals surface area contributed by atoms with Crippen LogP contribution in [0.25, 0.3) is 0 Å². The Hall–Kier alpha value is -2.65. The van der Waals surface area contributed by atoms with Crippen LogP contribution >= 0.6 is 23.2 Å². The third-order valence-corrected chi connectivity index (χ3v) is 3.44. The first kappa shape index (κ1) is 17.7. The molecule has 0 saturated carbocycles. The van der Waals surface area contributed by atoms with Gasteiger partial charge in [0.15, 0.2) is 0 Å². The van der Waals surface area contributed by atoms with Crippen molar-refractivity contribution in [2.45, 2.75) is 6.92 Å². The summed E-state index contributed by atoms with van der Waals surface area (Å²) >= 11 is 11.6. The number of nitrogens with one attached hydrogen (secondary N) is 2. The van der Waals surface area contributed by atoms with Crippen LogP contribution < -0.4 is 10.9 Å². The maximum absolute atomic E-state index is 12.1. The van der Waals surface area contributed by atoms with Crippen LogP contribution in [0.3, 0.4) is 0 Å². The lowest BCUT2D eigenvalue weighted by molar-refractivity contribution is -0.385. The molecule has 1 aromatic carbocycles. The van der Waals surface area contributed by atoms with E-state index in [1.807, 2.05) is 0 Å². The Bertz CT molecular complexity index is 829. The van der Waals surface area contributed by atoms with Crippen molar-refractivity contribution in [1.29, 1.82) is 0 Å². The number of hydrogen-bond acceptors (Lipinski definition) is 5. The summed E-state index contributed by atoms with van der Waals surface area (Å²) < 4.78 is 1.06. The number of hydrogen-bond donors (Lipinski definition) is 2. The van der Waals surface area contributed by atoms with Crippen LogP contribution in [0, 0.1) is 17.0 Å². The Labute approximate surface area is 145 Å². The molecule has 1 aromatic heterocycles. The van der Waals surface area contributed by atoms with Gasteiger partial charge < -0.3 is 0 Å². The highest BCUT2D eigenvalue weighted by atomic mass is 35.5. The summed E-state index contributed by atoms with van der Waals surface area (Å²) in [5.74, 6) is -1.57. The number of carbonyl (C=O) groups is 2. The second-order valence-corrected chi connectivity index (χ2v) is 5.60. The summed E-state index contributed by atoms with van der Waals surface area (Å²) in [6, 6.07) is 4.15. The van der Waals surface area contributed by atoms with Gasteiger partial charge in [-0.3, -0.25) is 35.2 Å². The first-order valence-electron chi connectivity index (χ1n) is 6.45. The van der Waals surface area contributed by atoms with Crippen molar-refractivity contribution in [3.8, 4) is 0 Å². The Balaban J connectivity index is 2.17. The summed E-state index contributed by atoms with van der Waals surface area (Å²) in [4.78, 5) is 34.5. The number of aryl methyl sites for hydroxylation is 2. The molecule has 0 saturated heterocycles. The van der Waals surface area contributed by atoms with Crippen molar-refractivity contribution in [2.24, 2.45) is 7.05 Å².